The van der Waals surface area contributed by atoms with Crippen LogP contribution in [0.1, 0.15) is 32.9 Å². The van der Waals surface area contributed by atoms with Gasteiger partial charge in [-0.1, -0.05) is 42.0 Å². The molecule has 0 aliphatic rings. The molecule has 5 nitrogen and oxygen atoms in total. The Bertz CT molecular complexity index is 854. The van der Waals surface area contributed by atoms with Gasteiger partial charge >= 0.3 is 5.97 Å². The Morgan fingerprint density at radius 3 is 2.12 bits per heavy atom. The van der Waals surface area contributed by atoms with Crippen molar-refractivity contribution in [3.05, 3.63) is 82.4 Å². The van der Waals surface area contributed by atoms with Crippen molar-refractivity contribution in [2.45, 2.75) is 26.9 Å². The van der Waals surface area contributed by atoms with Crippen LogP contribution in [0.4, 0.5) is 10.1 Å². The van der Waals surface area contributed by atoms with Crippen LogP contribution in [0, 0.1) is 19.7 Å². The van der Waals surface area contributed by atoms with Crippen LogP contribution in [-0.2, 0) is 13.1 Å². The summed E-state index contributed by atoms with van der Waals surface area (Å²) in [6.07, 6.45) is 0. The fourth-order valence-electron chi connectivity index (χ4n) is 2.90. The second-order valence-electron chi connectivity index (χ2n) is 6.32. The van der Waals surface area contributed by atoms with E-state index >= 15 is 0 Å². The average Bonchev–Trinajstić information content (AvgIpc) is 3.00. The van der Waals surface area contributed by atoms with Gasteiger partial charge in [0.05, 0.1) is 11.4 Å². The number of halogens is 1. The first-order valence-electron chi connectivity index (χ1n) is 8.27. The van der Waals surface area contributed by atoms with E-state index in [1.807, 2.05) is 36.1 Å². The molecule has 2 N–H and O–H groups in total. The van der Waals surface area contributed by atoms with Gasteiger partial charge in [-0.05, 0) is 37.1 Å². The number of nitrogens with one attached hydrogen (secondary N) is 1. The molecule has 0 aliphatic heterocycles. The topological polar surface area (TPSA) is 69.2 Å². The molecule has 0 bridgehead atoms. The summed E-state index contributed by atoms with van der Waals surface area (Å²) in [6, 6.07) is 14.3. The Hall–Kier alpha value is -3.15. The molecule has 6 heteroatoms. The predicted molar refractivity (Wildman–Crippen MR) is 97.8 cm³/mol. The van der Waals surface area contributed by atoms with E-state index in [4.69, 9.17) is 0 Å². The van der Waals surface area contributed by atoms with E-state index in [2.05, 4.69) is 10.2 Å². The van der Waals surface area contributed by atoms with E-state index in [0.29, 0.717) is 24.5 Å². The number of carboxylic acid groups (broad SMARTS) is 1. The molecule has 0 saturated carbocycles. The summed E-state index contributed by atoms with van der Waals surface area (Å²) >= 11 is 0. The molecule has 1 aromatic heterocycles. The van der Waals surface area contributed by atoms with Gasteiger partial charge in [-0.3, -0.25) is 5.10 Å². The van der Waals surface area contributed by atoms with Crippen molar-refractivity contribution in [2.24, 2.45) is 0 Å². The number of hydrogen-bond donors (Lipinski definition) is 2. The molecule has 0 radical (unpaired) electrons. The van der Waals surface area contributed by atoms with Gasteiger partial charge in [0.25, 0.3) is 0 Å². The number of aromatic amines is 1. The molecule has 0 amide bonds. The lowest BCUT2D eigenvalue weighted by atomic mass is 10.1. The number of aryl methyl sites for hydroxylation is 2. The maximum absolute atomic E-state index is 13.2. The molecule has 1 heterocycles. The zero-order chi connectivity index (χ0) is 18.7. The lowest BCUT2D eigenvalue weighted by Gasteiger charge is -2.25. The van der Waals surface area contributed by atoms with E-state index < -0.39 is 5.97 Å². The van der Waals surface area contributed by atoms with Gasteiger partial charge in [-0.15, -0.1) is 0 Å². The number of aromatic nitrogens is 2. The minimum Gasteiger partial charge on any atom is -0.476 e. The molecule has 3 aromatic rings. The molecule has 2 aromatic carbocycles. The summed E-state index contributed by atoms with van der Waals surface area (Å²) in [5.41, 5.74) is 4.30. The van der Waals surface area contributed by atoms with Gasteiger partial charge in [0.1, 0.15) is 5.82 Å². The normalized spacial score (nSPS) is 10.7. The van der Waals surface area contributed by atoms with Gasteiger partial charge < -0.3 is 10.0 Å². The Kier molecular flexibility index (Phi) is 5.02. The Balaban J connectivity index is 1.98. The second-order valence-corrected chi connectivity index (χ2v) is 6.32. The SMILES string of the molecule is Cc1ccc(CN(Cc2ccc(F)cc2)c2c(C(=O)O)n[nH]c2C)cc1. The molecule has 0 aliphatic carbocycles. The van der Waals surface area contributed by atoms with Crippen LogP contribution in [0.2, 0.25) is 0 Å². The number of benzene rings is 2. The van der Waals surface area contributed by atoms with Crippen LogP contribution in [0.5, 0.6) is 0 Å². The molecule has 0 spiro atoms. The fourth-order valence-corrected chi connectivity index (χ4v) is 2.90. The zero-order valence-electron chi connectivity index (χ0n) is 14.7. The smallest absolute Gasteiger partial charge is 0.358 e. The Morgan fingerprint density at radius 2 is 1.58 bits per heavy atom. The van der Waals surface area contributed by atoms with Crippen LogP contribution in [0.15, 0.2) is 48.5 Å². The monoisotopic (exact) mass is 353 g/mol. The van der Waals surface area contributed by atoms with Gasteiger partial charge in [0.2, 0.25) is 0 Å². The highest BCUT2D eigenvalue weighted by atomic mass is 19.1. The van der Waals surface area contributed by atoms with Gasteiger partial charge in [-0.25, -0.2) is 9.18 Å². The number of nitrogens with zero attached hydrogens (tertiary/aromatic N) is 2. The van der Waals surface area contributed by atoms with E-state index in [1.165, 1.54) is 12.1 Å². The highest BCUT2D eigenvalue weighted by Crippen LogP contribution is 2.27. The van der Waals surface area contributed by atoms with Crippen LogP contribution in [-0.4, -0.2) is 21.3 Å². The minimum absolute atomic E-state index is 0.0169. The van der Waals surface area contributed by atoms with E-state index in [0.717, 1.165) is 16.7 Å². The van der Waals surface area contributed by atoms with Crippen LogP contribution in [0.25, 0.3) is 0 Å². The third-order valence-corrected chi connectivity index (χ3v) is 4.21. The molecule has 0 atom stereocenters. The maximum Gasteiger partial charge on any atom is 0.358 e. The highest BCUT2D eigenvalue weighted by Gasteiger charge is 2.22. The molecule has 3 rings (SSSR count). The van der Waals surface area contributed by atoms with Crippen LogP contribution in [0.3, 0.4) is 0 Å². The fraction of sp³-hybridized carbons (Fsp3) is 0.200. The summed E-state index contributed by atoms with van der Waals surface area (Å²) < 4.78 is 13.2. The van der Waals surface area contributed by atoms with Gasteiger partial charge in [0, 0.05) is 13.1 Å². The number of aromatic carboxylic acids is 1. The Morgan fingerprint density at radius 1 is 1.04 bits per heavy atom. The van der Waals surface area contributed by atoms with Crippen LogP contribution < -0.4 is 4.90 Å². The van der Waals surface area contributed by atoms with E-state index in [1.54, 1.807) is 19.1 Å². The summed E-state index contributed by atoms with van der Waals surface area (Å²) in [5.74, 6) is -1.39. The lowest BCUT2D eigenvalue weighted by Crippen LogP contribution is -2.24. The van der Waals surface area contributed by atoms with Crippen molar-refractivity contribution in [3.63, 3.8) is 0 Å². The molecular formula is C20H20FN3O2. The molecular weight excluding hydrogens is 333 g/mol. The maximum atomic E-state index is 13.2. The summed E-state index contributed by atoms with van der Waals surface area (Å²) in [4.78, 5) is 13.5. The molecule has 0 unspecified atom stereocenters. The first kappa shape index (κ1) is 17.7. The number of carbonyl (C=O) groups is 1. The quantitative estimate of drug-likeness (QED) is 0.701. The second kappa shape index (κ2) is 7.39. The predicted octanol–water partition coefficient (Wildman–Crippen LogP) is 4.07. The van der Waals surface area contributed by atoms with Crippen molar-refractivity contribution in [2.75, 3.05) is 4.90 Å². The number of H-pyrrole nitrogens is 1. The Labute approximate surface area is 151 Å². The number of anilines is 1. The number of carboxylic acids is 1. The minimum atomic E-state index is -1.09. The summed E-state index contributed by atoms with van der Waals surface area (Å²) in [6.45, 7) is 4.76. The summed E-state index contributed by atoms with van der Waals surface area (Å²) in [7, 11) is 0. The largest absolute Gasteiger partial charge is 0.476 e. The molecule has 134 valence electrons. The van der Waals surface area contributed by atoms with Crippen molar-refractivity contribution in [1.82, 2.24) is 10.2 Å². The van der Waals surface area contributed by atoms with Crippen molar-refractivity contribution < 1.29 is 14.3 Å². The van der Waals surface area contributed by atoms with Crippen molar-refractivity contribution in [1.29, 1.82) is 0 Å². The van der Waals surface area contributed by atoms with Crippen LogP contribution >= 0.6 is 0 Å². The van der Waals surface area contributed by atoms with Crippen molar-refractivity contribution >= 4 is 11.7 Å². The third kappa shape index (κ3) is 3.91. The van der Waals surface area contributed by atoms with E-state index in [-0.39, 0.29) is 11.5 Å². The molecule has 26 heavy (non-hydrogen) atoms. The molecule has 0 fully saturated rings. The first-order valence-corrected chi connectivity index (χ1v) is 8.27. The van der Waals surface area contributed by atoms with Gasteiger partial charge in [-0.2, -0.15) is 5.10 Å². The third-order valence-electron chi connectivity index (χ3n) is 4.21. The average molecular weight is 353 g/mol. The zero-order valence-corrected chi connectivity index (χ0v) is 14.7. The lowest BCUT2D eigenvalue weighted by molar-refractivity contribution is 0.0691. The highest BCUT2D eigenvalue weighted by molar-refractivity contribution is 5.92. The number of rotatable bonds is 6. The molecule has 0 saturated heterocycles. The van der Waals surface area contributed by atoms with Crippen molar-refractivity contribution in [3.8, 4) is 0 Å². The standard InChI is InChI=1S/C20H20FN3O2/c1-13-3-5-15(6-4-13)11-24(12-16-7-9-17(21)10-8-16)19-14(2)22-23-18(19)20(25)26/h3-10H,11-12H2,1-2H3,(H,22,23)(H,25,26). The first-order chi connectivity index (χ1) is 12.4. The summed E-state index contributed by atoms with van der Waals surface area (Å²) in [5, 5.41) is 16.2. The van der Waals surface area contributed by atoms with E-state index in [9.17, 15) is 14.3 Å². The number of hydrogen-bond acceptors (Lipinski definition) is 3. The van der Waals surface area contributed by atoms with Gasteiger partial charge in [0.15, 0.2) is 5.69 Å².